The Morgan fingerprint density at radius 1 is 1.42 bits per heavy atom. The first-order valence-electron chi connectivity index (χ1n) is 3.66. The lowest BCUT2D eigenvalue weighted by molar-refractivity contribution is 0.739. The van der Waals surface area contributed by atoms with Crippen LogP contribution in [-0.2, 0) is 0 Å². The van der Waals surface area contributed by atoms with E-state index in [-0.39, 0.29) is 6.04 Å². The summed E-state index contributed by atoms with van der Waals surface area (Å²) >= 11 is 5.79. The van der Waals surface area contributed by atoms with Crippen LogP contribution in [0.25, 0.3) is 0 Å². The van der Waals surface area contributed by atoms with Crippen molar-refractivity contribution in [3.63, 3.8) is 0 Å². The fraction of sp³-hybridized carbons (Fsp3) is 0.250. The van der Waals surface area contributed by atoms with Gasteiger partial charge in [-0.2, -0.15) is 0 Å². The molecule has 3 nitrogen and oxygen atoms in total. The third kappa shape index (κ3) is 1.69. The van der Waals surface area contributed by atoms with Gasteiger partial charge in [-0.15, -0.1) is 0 Å². The molecule has 0 aliphatic heterocycles. The Balaban J connectivity index is 3.07. The van der Waals surface area contributed by atoms with Gasteiger partial charge in [0.15, 0.2) is 0 Å². The summed E-state index contributed by atoms with van der Waals surface area (Å²) in [5, 5.41) is 0.524. The predicted molar refractivity (Wildman–Crippen MR) is 51.8 cm³/mol. The second-order valence-electron chi connectivity index (χ2n) is 2.58. The molecule has 0 amide bonds. The van der Waals surface area contributed by atoms with E-state index in [0.717, 1.165) is 5.56 Å². The fourth-order valence-corrected chi connectivity index (χ4v) is 1.19. The van der Waals surface area contributed by atoms with Crippen molar-refractivity contribution in [2.75, 3.05) is 12.3 Å². The molecule has 1 rings (SSSR count). The minimum Gasteiger partial charge on any atom is -0.397 e. The van der Waals surface area contributed by atoms with E-state index < -0.39 is 0 Å². The second-order valence-corrected chi connectivity index (χ2v) is 2.99. The highest BCUT2D eigenvalue weighted by atomic mass is 35.5. The number of anilines is 1. The number of hydrogen-bond donors (Lipinski definition) is 3. The lowest BCUT2D eigenvalue weighted by Gasteiger charge is -2.12. The number of benzene rings is 1. The summed E-state index contributed by atoms with van der Waals surface area (Å²) in [5.74, 6) is 0. The van der Waals surface area contributed by atoms with E-state index in [9.17, 15) is 0 Å². The van der Waals surface area contributed by atoms with Crippen LogP contribution < -0.4 is 17.2 Å². The van der Waals surface area contributed by atoms with Gasteiger partial charge in [-0.1, -0.05) is 23.7 Å². The largest absolute Gasteiger partial charge is 0.397 e. The summed E-state index contributed by atoms with van der Waals surface area (Å²) in [6.45, 7) is 0.366. The van der Waals surface area contributed by atoms with E-state index >= 15 is 0 Å². The van der Waals surface area contributed by atoms with Gasteiger partial charge in [0.05, 0.1) is 10.7 Å². The summed E-state index contributed by atoms with van der Waals surface area (Å²) in [6, 6.07) is 5.13. The maximum Gasteiger partial charge on any atom is 0.0638 e. The fourth-order valence-electron chi connectivity index (χ4n) is 1.00. The van der Waals surface area contributed by atoms with Gasteiger partial charge in [-0.05, 0) is 11.6 Å². The zero-order valence-electron chi connectivity index (χ0n) is 6.63. The highest BCUT2D eigenvalue weighted by Crippen LogP contribution is 2.25. The van der Waals surface area contributed by atoms with Gasteiger partial charge in [0.25, 0.3) is 0 Å². The van der Waals surface area contributed by atoms with Gasteiger partial charge < -0.3 is 17.2 Å². The quantitative estimate of drug-likeness (QED) is 0.599. The molecule has 1 aromatic rings. The molecule has 0 aromatic heterocycles. The molecular weight excluding hydrogens is 174 g/mol. The summed E-state index contributed by atoms with van der Waals surface area (Å²) < 4.78 is 0. The number of hydrogen-bond acceptors (Lipinski definition) is 3. The molecule has 0 saturated heterocycles. The minimum absolute atomic E-state index is 0.233. The summed E-state index contributed by atoms with van der Waals surface area (Å²) in [5.41, 5.74) is 18.1. The topological polar surface area (TPSA) is 78.1 Å². The molecule has 0 radical (unpaired) electrons. The number of halogens is 1. The second kappa shape index (κ2) is 3.76. The van der Waals surface area contributed by atoms with Gasteiger partial charge in [-0.3, -0.25) is 0 Å². The Hall–Kier alpha value is -0.770. The van der Waals surface area contributed by atoms with Gasteiger partial charge in [0.1, 0.15) is 0 Å². The molecule has 12 heavy (non-hydrogen) atoms. The summed E-state index contributed by atoms with van der Waals surface area (Å²) in [6.07, 6.45) is 0. The Morgan fingerprint density at radius 2 is 2.08 bits per heavy atom. The van der Waals surface area contributed by atoms with Crippen LogP contribution in [0.2, 0.25) is 5.02 Å². The Morgan fingerprint density at radius 3 is 2.67 bits per heavy atom. The van der Waals surface area contributed by atoms with Crippen molar-refractivity contribution in [3.8, 4) is 0 Å². The normalized spacial score (nSPS) is 12.9. The lowest BCUT2D eigenvalue weighted by Crippen LogP contribution is -2.21. The summed E-state index contributed by atoms with van der Waals surface area (Å²) in [7, 11) is 0. The predicted octanol–water partition coefficient (Wildman–Crippen LogP) is 0.881. The number of rotatable bonds is 2. The van der Waals surface area contributed by atoms with E-state index in [1.165, 1.54) is 0 Å². The van der Waals surface area contributed by atoms with Crippen molar-refractivity contribution in [2.45, 2.75) is 6.04 Å². The monoisotopic (exact) mass is 185 g/mol. The zero-order valence-corrected chi connectivity index (χ0v) is 7.38. The van der Waals surface area contributed by atoms with Gasteiger partial charge in [0, 0.05) is 12.6 Å². The van der Waals surface area contributed by atoms with Crippen molar-refractivity contribution in [2.24, 2.45) is 11.5 Å². The molecular formula is C8H12ClN3. The summed E-state index contributed by atoms with van der Waals surface area (Å²) in [4.78, 5) is 0. The van der Waals surface area contributed by atoms with E-state index in [0.29, 0.717) is 17.3 Å². The molecule has 0 aliphatic rings. The Labute approximate surface area is 76.5 Å². The van der Waals surface area contributed by atoms with Crippen LogP contribution >= 0.6 is 11.6 Å². The van der Waals surface area contributed by atoms with Crippen LogP contribution in [0.4, 0.5) is 5.69 Å². The van der Waals surface area contributed by atoms with E-state index in [4.69, 9.17) is 28.8 Å². The number of para-hydroxylation sites is 1. The van der Waals surface area contributed by atoms with Crippen molar-refractivity contribution in [1.29, 1.82) is 0 Å². The first-order chi connectivity index (χ1) is 5.66. The van der Waals surface area contributed by atoms with Crippen molar-refractivity contribution >= 4 is 17.3 Å². The van der Waals surface area contributed by atoms with Gasteiger partial charge in [-0.25, -0.2) is 0 Å². The van der Waals surface area contributed by atoms with Crippen LogP contribution in [0.5, 0.6) is 0 Å². The molecule has 4 heteroatoms. The van der Waals surface area contributed by atoms with Crippen molar-refractivity contribution in [3.05, 3.63) is 28.8 Å². The third-order valence-corrected chi connectivity index (χ3v) is 2.07. The van der Waals surface area contributed by atoms with E-state index in [1.54, 1.807) is 6.07 Å². The van der Waals surface area contributed by atoms with Crippen LogP contribution in [0.15, 0.2) is 18.2 Å². The molecule has 0 fully saturated rings. The lowest BCUT2D eigenvalue weighted by atomic mass is 10.1. The number of nitrogens with two attached hydrogens (primary N) is 3. The Bertz CT molecular complexity index is 275. The molecule has 0 saturated carbocycles. The highest BCUT2D eigenvalue weighted by molar-refractivity contribution is 6.33. The van der Waals surface area contributed by atoms with Crippen LogP contribution in [0.3, 0.4) is 0 Å². The maximum absolute atomic E-state index is 5.79. The first kappa shape index (κ1) is 9.32. The Kier molecular flexibility index (Phi) is 2.92. The number of nitrogen functional groups attached to an aromatic ring is 1. The molecule has 6 N–H and O–H groups in total. The van der Waals surface area contributed by atoms with Gasteiger partial charge >= 0.3 is 0 Å². The molecule has 1 aromatic carbocycles. The average molecular weight is 186 g/mol. The first-order valence-corrected chi connectivity index (χ1v) is 4.04. The third-order valence-electron chi connectivity index (χ3n) is 1.74. The SMILES string of the molecule is NCC(N)c1cccc(Cl)c1N. The maximum atomic E-state index is 5.79. The van der Waals surface area contributed by atoms with Crippen LogP contribution in [-0.4, -0.2) is 6.54 Å². The molecule has 0 aliphatic carbocycles. The van der Waals surface area contributed by atoms with Crippen molar-refractivity contribution < 1.29 is 0 Å². The molecule has 1 unspecified atom stereocenters. The van der Waals surface area contributed by atoms with E-state index in [2.05, 4.69) is 0 Å². The highest BCUT2D eigenvalue weighted by Gasteiger charge is 2.08. The smallest absolute Gasteiger partial charge is 0.0638 e. The molecule has 0 spiro atoms. The molecule has 1 atom stereocenters. The molecule has 66 valence electrons. The average Bonchev–Trinajstić information content (AvgIpc) is 2.08. The van der Waals surface area contributed by atoms with Crippen molar-refractivity contribution in [1.82, 2.24) is 0 Å². The molecule has 0 heterocycles. The van der Waals surface area contributed by atoms with Crippen LogP contribution in [0.1, 0.15) is 11.6 Å². The molecule has 0 bridgehead atoms. The van der Waals surface area contributed by atoms with E-state index in [1.807, 2.05) is 12.1 Å². The standard InChI is InChI=1S/C8H12ClN3/c9-6-3-1-2-5(8(6)12)7(11)4-10/h1-3,7H,4,10-12H2. The van der Waals surface area contributed by atoms with Crippen LogP contribution in [0, 0.1) is 0 Å². The zero-order chi connectivity index (χ0) is 9.14. The minimum atomic E-state index is -0.233. The van der Waals surface area contributed by atoms with Gasteiger partial charge in [0.2, 0.25) is 0 Å².